The summed E-state index contributed by atoms with van der Waals surface area (Å²) in [5.41, 5.74) is 3.51. The number of aromatic nitrogens is 2. The summed E-state index contributed by atoms with van der Waals surface area (Å²) in [6.07, 6.45) is 3.06. The van der Waals surface area contributed by atoms with Crippen LogP contribution in [0.5, 0.6) is 0 Å². The largest absolute Gasteiger partial charge is 0.462 e. The lowest BCUT2D eigenvalue weighted by atomic mass is 10.1. The molecule has 1 aliphatic carbocycles. The molecule has 0 saturated carbocycles. The quantitative estimate of drug-likeness (QED) is 0.878. The first-order valence-electron chi connectivity index (χ1n) is 7.58. The van der Waals surface area contributed by atoms with Crippen molar-refractivity contribution in [3.05, 3.63) is 46.9 Å². The molecule has 0 unspecified atom stereocenters. The number of carbonyl (C=O) groups excluding carboxylic acids is 1. The number of fused-ring (bicyclic) bond motifs is 1. The molecule has 0 bridgehead atoms. The van der Waals surface area contributed by atoms with E-state index >= 15 is 0 Å². The summed E-state index contributed by atoms with van der Waals surface area (Å²) in [5.74, 6) is 1.22. The molecule has 5 nitrogen and oxygen atoms in total. The third-order valence-electron chi connectivity index (χ3n) is 3.72. The maximum atomic E-state index is 12.1. The summed E-state index contributed by atoms with van der Waals surface area (Å²) < 4.78 is 5.11. The summed E-state index contributed by atoms with van der Waals surface area (Å²) in [4.78, 5) is 21.1. The number of aryl methyl sites for hydroxylation is 2. The van der Waals surface area contributed by atoms with Gasteiger partial charge in [-0.1, -0.05) is 12.1 Å². The molecular weight excluding hydrogens is 278 g/mol. The predicted octanol–water partition coefficient (Wildman–Crippen LogP) is 3.19. The third-order valence-corrected chi connectivity index (χ3v) is 3.72. The first kappa shape index (κ1) is 14.5. The second-order valence-electron chi connectivity index (χ2n) is 5.29. The number of nitrogens with one attached hydrogen (secondary N) is 1. The molecule has 1 aromatic carbocycles. The lowest BCUT2D eigenvalue weighted by Gasteiger charge is -2.13. The van der Waals surface area contributed by atoms with Crippen LogP contribution in [-0.2, 0) is 17.6 Å². The molecule has 0 radical (unpaired) electrons. The van der Waals surface area contributed by atoms with E-state index in [2.05, 4.69) is 15.3 Å². The van der Waals surface area contributed by atoms with Gasteiger partial charge in [0.2, 0.25) is 0 Å². The summed E-state index contributed by atoms with van der Waals surface area (Å²) in [5, 5.41) is 3.30. The summed E-state index contributed by atoms with van der Waals surface area (Å²) in [6.45, 7) is 4.05. The van der Waals surface area contributed by atoms with E-state index < -0.39 is 0 Å². The van der Waals surface area contributed by atoms with Gasteiger partial charge in [0.05, 0.1) is 17.9 Å². The number of benzene rings is 1. The van der Waals surface area contributed by atoms with Gasteiger partial charge in [0, 0.05) is 11.3 Å². The highest BCUT2D eigenvalue weighted by Crippen LogP contribution is 2.29. The number of hydrogen-bond donors (Lipinski definition) is 1. The maximum Gasteiger partial charge on any atom is 0.340 e. The minimum atomic E-state index is -0.326. The number of nitrogens with zero attached hydrogens (tertiary/aromatic N) is 2. The second kappa shape index (κ2) is 6.13. The Morgan fingerprint density at radius 2 is 2.09 bits per heavy atom. The van der Waals surface area contributed by atoms with Gasteiger partial charge >= 0.3 is 5.97 Å². The Morgan fingerprint density at radius 3 is 2.91 bits per heavy atom. The molecular formula is C17H19N3O2. The van der Waals surface area contributed by atoms with Gasteiger partial charge < -0.3 is 10.1 Å². The van der Waals surface area contributed by atoms with Crippen molar-refractivity contribution < 1.29 is 9.53 Å². The summed E-state index contributed by atoms with van der Waals surface area (Å²) in [6, 6.07) is 7.34. The van der Waals surface area contributed by atoms with Gasteiger partial charge in [-0.3, -0.25) is 0 Å². The van der Waals surface area contributed by atoms with E-state index in [0.29, 0.717) is 17.9 Å². The van der Waals surface area contributed by atoms with Crippen LogP contribution < -0.4 is 5.32 Å². The second-order valence-corrected chi connectivity index (χ2v) is 5.29. The smallest absolute Gasteiger partial charge is 0.340 e. The van der Waals surface area contributed by atoms with Gasteiger partial charge in [0.15, 0.2) is 0 Å². The highest BCUT2D eigenvalue weighted by Gasteiger charge is 2.20. The van der Waals surface area contributed by atoms with Gasteiger partial charge in [0.1, 0.15) is 11.6 Å². The number of esters is 1. The van der Waals surface area contributed by atoms with E-state index in [-0.39, 0.29) is 5.97 Å². The van der Waals surface area contributed by atoms with E-state index in [1.54, 1.807) is 13.0 Å². The van der Waals surface area contributed by atoms with Crippen LogP contribution in [0, 0.1) is 6.92 Å². The van der Waals surface area contributed by atoms with Crippen molar-refractivity contribution in [2.24, 2.45) is 0 Å². The monoisotopic (exact) mass is 297 g/mol. The molecule has 5 heteroatoms. The molecule has 0 amide bonds. The van der Waals surface area contributed by atoms with E-state index in [4.69, 9.17) is 4.74 Å². The standard InChI is InChI=1S/C17H19N3O2/c1-3-22-17(21)13-7-4-5-9-15(13)20-16-12-8-6-10-14(12)18-11(2)19-16/h4-5,7,9H,3,6,8,10H2,1-2H3,(H,18,19,20). The van der Waals surface area contributed by atoms with Crippen LogP contribution in [0.2, 0.25) is 0 Å². The number of para-hydroxylation sites is 1. The summed E-state index contributed by atoms with van der Waals surface area (Å²) >= 11 is 0. The number of rotatable bonds is 4. The Bertz CT molecular complexity index is 713. The van der Waals surface area contributed by atoms with Crippen LogP contribution >= 0.6 is 0 Å². The van der Waals surface area contributed by atoms with E-state index in [1.807, 2.05) is 25.1 Å². The molecule has 114 valence electrons. The number of hydrogen-bond acceptors (Lipinski definition) is 5. The zero-order valence-electron chi connectivity index (χ0n) is 12.8. The summed E-state index contributed by atoms with van der Waals surface area (Å²) in [7, 11) is 0. The fourth-order valence-corrected chi connectivity index (χ4v) is 2.77. The maximum absolute atomic E-state index is 12.1. The molecule has 2 aromatic rings. The number of anilines is 2. The van der Waals surface area contributed by atoms with Crippen LogP contribution in [0.15, 0.2) is 24.3 Å². The van der Waals surface area contributed by atoms with Crippen LogP contribution in [0.4, 0.5) is 11.5 Å². The lowest BCUT2D eigenvalue weighted by Crippen LogP contribution is -2.10. The Hall–Kier alpha value is -2.43. The molecule has 0 fully saturated rings. The molecule has 22 heavy (non-hydrogen) atoms. The van der Waals surface area contributed by atoms with Crippen molar-refractivity contribution in [3.8, 4) is 0 Å². The molecule has 0 saturated heterocycles. The third kappa shape index (κ3) is 2.79. The van der Waals surface area contributed by atoms with Gasteiger partial charge in [0.25, 0.3) is 0 Å². The zero-order valence-corrected chi connectivity index (χ0v) is 12.8. The van der Waals surface area contributed by atoms with Crippen molar-refractivity contribution in [3.63, 3.8) is 0 Å². The molecule has 0 spiro atoms. The fraction of sp³-hybridized carbons (Fsp3) is 0.353. The highest BCUT2D eigenvalue weighted by atomic mass is 16.5. The number of ether oxygens (including phenoxy) is 1. The minimum Gasteiger partial charge on any atom is -0.462 e. The molecule has 1 aliphatic rings. The van der Waals surface area contributed by atoms with Crippen LogP contribution in [-0.4, -0.2) is 22.5 Å². The van der Waals surface area contributed by atoms with Crippen molar-refractivity contribution in [1.82, 2.24) is 9.97 Å². The molecule has 0 aliphatic heterocycles. The van der Waals surface area contributed by atoms with Gasteiger partial charge in [-0.15, -0.1) is 0 Å². The molecule has 1 aromatic heterocycles. The topological polar surface area (TPSA) is 64.1 Å². The SMILES string of the molecule is CCOC(=O)c1ccccc1Nc1nc(C)nc2c1CCC2. The fourth-order valence-electron chi connectivity index (χ4n) is 2.77. The van der Waals surface area contributed by atoms with Crippen LogP contribution in [0.25, 0.3) is 0 Å². The molecule has 3 rings (SSSR count). The zero-order chi connectivity index (χ0) is 15.5. The van der Waals surface area contributed by atoms with E-state index in [9.17, 15) is 4.79 Å². The van der Waals surface area contributed by atoms with Gasteiger partial charge in [-0.05, 0) is 45.2 Å². The van der Waals surface area contributed by atoms with Crippen molar-refractivity contribution in [2.45, 2.75) is 33.1 Å². The van der Waals surface area contributed by atoms with Gasteiger partial charge in [-0.2, -0.15) is 0 Å². The van der Waals surface area contributed by atoms with Crippen LogP contribution in [0.3, 0.4) is 0 Å². The first-order valence-corrected chi connectivity index (χ1v) is 7.58. The average Bonchev–Trinajstić information content (AvgIpc) is 2.96. The van der Waals surface area contributed by atoms with Crippen molar-refractivity contribution >= 4 is 17.5 Å². The Morgan fingerprint density at radius 1 is 1.27 bits per heavy atom. The minimum absolute atomic E-state index is 0.326. The lowest BCUT2D eigenvalue weighted by molar-refractivity contribution is 0.0527. The predicted molar refractivity (Wildman–Crippen MR) is 84.5 cm³/mol. The Kier molecular flexibility index (Phi) is 4.04. The van der Waals surface area contributed by atoms with E-state index in [0.717, 1.165) is 42.2 Å². The highest BCUT2D eigenvalue weighted by molar-refractivity contribution is 5.96. The Balaban J connectivity index is 1.96. The van der Waals surface area contributed by atoms with E-state index in [1.165, 1.54) is 0 Å². The molecule has 0 atom stereocenters. The Labute approximate surface area is 129 Å². The first-order chi connectivity index (χ1) is 10.7. The average molecular weight is 297 g/mol. The van der Waals surface area contributed by atoms with Gasteiger partial charge in [-0.25, -0.2) is 14.8 Å². The normalized spacial score (nSPS) is 12.8. The van der Waals surface area contributed by atoms with Crippen molar-refractivity contribution in [1.29, 1.82) is 0 Å². The molecule has 1 heterocycles. The van der Waals surface area contributed by atoms with Crippen LogP contribution in [0.1, 0.15) is 40.8 Å². The van der Waals surface area contributed by atoms with Crippen molar-refractivity contribution in [2.75, 3.05) is 11.9 Å². The number of carbonyl (C=O) groups is 1. The molecule has 1 N–H and O–H groups in total.